The minimum Gasteiger partial charge on any atom is -0.465 e. The highest BCUT2D eigenvalue weighted by Crippen LogP contribution is 2.21. The van der Waals surface area contributed by atoms with Gasteiger partial charge < -0.3 is 20.5 Å². The number of hydrogen-bond acceptors (Lipinski definition) is 5. The summed E-state index contributed by atoms with van der Waals surface area (Å²) in [6, 6.07) is 5.18. The molecule has 5 heteroatoms. The van der Waals surface area contributed by atoms with Gasteiger partial charge in [0.05, 0.1) is 24.8 Å². The lowest BCUT2D eigenvalue weighted by Crippen LogP contribution is -2.35. The lowest BCUT2D eigenvalue weighted by Gasteiger charge is -2.27. The van der Waals surface area contributed by atoms with E-state index in [2.05, 4.69) is 10.1 Å². The van der Waals surface area contributed by atoms with Gasteiger partial charge in [0.2, 0.25) is 0 Å². The third-order valence-corrected chi connectivity index (χ3v) is 2.45. The molecule has 0 spiro atoms. The molecule has 0 aliphatic heterocycles. The van der Waals surface area contributed by atoms with E-state index in [-0.39, 0.29) is 5.54 Å². The number of anilines is 2. The normalized spacial score (nSPS) is 11.1. The molecule has 1 aromatic carbocycles. The molecule has 0 saturated carbocycles. The van der Waals surface area contributed by atoms with Crippen molar-refractivity contribution in [3.05, 3.63) is 23.8 Å². The first-order valence-corrected chi connectivity index (χ1v) is 5.64. The minimum absolute atomic E-state index is 0.238. The number of methoxy groups -OCH3 is 2. The van der Waals surface area contributed by atoms with Crippen molar-refractivity contribution < 1.29 is 14.3 Å². The topological polar surface area (TPSA) is 73.6 Å². The van der Waals surface area contributed by atoms with Crippen LogP contribution in [0.3, 0.4) is 0 Å². The van der Waals surface area contributed by atoms with Crippen LogP contribution in [-0.4, -0.2) is 32.3 Å². The van der Waals surface area contributed by atoms with Crippen molar-refractivity contribution in [3.8, 4) is 0 Å². The van der Waals surface area contributed by atoms with Crippen molar-refractivity contribution in [2.24, 2.45) is 0 Å². The van der Waals surface area contributed by atoms with Crippen LogP contribution in [0.1, 0.15) is 24.2 Å². The number of hydrogen-bond donors (Lipinski definition) is 2. The summed E-state index contributed by atoms with van der Waals surface area (Å²) in [7, 11) is 2.98. The van der Waals surface area contributed by atoms with Gasteiger partial charge in [-0.1, -0.05) is 0 Å². The number of nitrogens with two attached hydrogens (primary N) is 1. The maximum absolute atomic E-state index is 11.5. The van der Waals surface area contributed by atoms with Gasteiger partial charge in [-0.15, -0.1) is 0 Å². The number of benzene rings is 1. The first-order valence-electron chi connectivity index (χ1n) is 5.64. The van der Waals surface area contributed by atoms with E-state index in [1.54, 1.807) is 19.2 Å². The molecule has 0 heterocycles. The standard InChI is InChI=1S/C13H20N2O3/c1-13(2,8-17-3)15-9-5-6-11(14)10(7-9)12(16)18-4/h5-7,15H,8,14H2,1-4H3. The Balaban J connectivity index is 2.95. The average Bonchev–Trinajstić information content (AvgIpc) is 2.30. The van der Waals surface area contributed by atoms with Crippen LogP contribution in [0.25, 0.3) is 0 Å². The van der Waals surface area contributed by atoms with Crippen molar-refractivity contribution >= 4 is 17.3 Å². The summed E-state index contributed by atoms with van der Waals surface area (Å²) in [6.07, 6.45) is 0. The number of nitrogens with one attached hydrogen (secondary N) is 1. The summed E-state index contributed by atoms with van der Waals surface area (Å²) in [5.41, 5.74) is 7.05. The fourth-order valence-corrected chi connectivity index (χ4v) is 1.71. The van der Waals surface area contributed by atoms with E-state index in [9.17, 15) is 4.79 Å². The Morgan fingerprint density at radius 2 is 2.06 bits per heavy atom. The molecular weight excluding hydrogens is 232 g/mol. The van der Waals surface area contributed by atoms with Crippen LogP contribution in [0.2, 0.25) is 0 Å². The second kappa shape index (κ2) is 5.73. The number of carbonyl (C=O) groups excluding carboxylic acids is 1. The molecular formula is C13H20N2O3. The highest BCUT2D eigenvalue weighted by molar-refractivity contribution is 5.96. The second-order valence-electron chi connectivity index (χ2n) is 4.74. The molecule has 18 heavy (non-hydrogen) atoms. The summed E-state index contributed by atoms with van der Waals surface area (Å²) in [5, 5.41) is 3.28. The van der Waals surface area contributed by atoms with E-state index in [0.717, 1.165) is 5.69 Å². The number of nitrogen functional groups attached to an aromatic ring is 1. The van der Waals surface area contributed by atoms with E-state index >= 15 is 0 Å². The van der Waals surface area contributed by atoms with Gasteiger partial charge in [-0.25, -0.2) is 4.79 Å². The molecule has 1 aromatic rings. The lowest BCUT2D eigenvalue weighted by molar-refractivity contribution is 0.0602. The molecule has 1 rings (SSSR count). The molecule has 0 bridgehead atoms. The summed E-state index contributed by atoms with van der Waals surface area (Å²) < 4.78 is 9.80. The van der Waals surface area contributed by atoms with Gasteiger partial charge in [-0.2, -0.15) is 0 Å². The molecule has 0 saturated heterocycles. The Kier molecular flexibility index (Phi) is 4.55. The molecule has 3 N–H and O–H groups in total. The predicted octanol–water partition coefficient (Wildman–Crippen LogP) is 1.89. The van der Waals surface area contributed by atoms with Crippen molar-refractivity contribution in [1.29, 1.82) is 0 Å². The van der Waals surface area contributed by atoms with E-state index in [1.165, 1.54) is 7.11 Å². The summed E-state index contributed by atoms with van der Waals surface area (Å²) in [6.45, 7) is 4.56. The van der Waals surface area contributed by atoms with Crippen LogP contribution in [0.5, 0.6) is 0 Å². The van der Waals surface area contributed by atoms with Gasteiger partial charge >= 0.3 is 5.97 Å². The number of rotatable bonds is 5. The van der Waals surface area contributed by atoms with Gasteiger partial charge in [0.25, 0.3) is 0 Å². The summed E-state index contributed by atoms with van der Waals surface area (Å²) in [5.74, 6) is -0.444. The molecule has 0 aromatic heterocycles. The van der Waals surface area contributed by atoms with E-state index < -0.39 is 5.97 Å². The zero-order valence-electron chi connectivity index (χ0n) is 11.2. The monoisotopic (exact) mass is 252 g/mol. The van der Waals surface area contributed by atoms with E-state index in [1.807, 2.05) is 19.9 Å². The van der Waals surface area contributed by atoms with Crippen LogP contribution in [0.15, 0.2) is 18.2 Å². The highest BCUT2D eigenvalue weighted by Gasteiger charge is 2.18. The van der Waals surface area contributed by atoms with Crippen LogP contribution in [-0.2, 0) is 9.47 Å². The Bertz CT molecular complexity index is 430. The average molecular weight is 252 g/mol. The largest absolute Gasteiger partial charge is 0.465 e. The van der Waals surface area contributed by atoms with Crippen molar-refractivity contribution in [1.82, 2.24) is 0 Å². The molecule has 100 valence electrons. The van der Waals surface area contributed by atoms with Gasteiger partial charge in [0, 0.05) is 18.5 Å². The van der Waals surface area contributed by atoms with Gasteiger partial charge in [-0.3, -0.25) is 0 Å². The fourth-order valence-electron chi connectivity index (χ4n) is 1.71. The Labute approximate surface area is 107 Å². The van der Waals surface area contributed by atoms with Crippen molar-refractivity contribution in [2.45, 2.75) is 19.4 Å². The predicted molar refractivity (Wildman–Crippen MR) is 71.8 cm³/mol. The first-order chi connectivity index (χ1) is 8.39. The van der Waals surface area contributed by atoms with E-state index in [4.69, 9.17) is 10.5 Å². The molecule has 0 fully saturated rings. The van der Waals surface area contributed by atoms with Crippen LogP contribution in [0, 0.1) is 0 Å². The Morgan fingerprint density at radius 3 is 2.61 bits per heavy atom. The quantitative estimate of drug-likeness (QED) is 0.618. The minimum atomic E-state index is -0.444. The third kappa shape index (κ3) is 3.63. The van der Waals surface area contributed by atoms with E-state index in [0.29, 0.717) is 17.9 Å². The van der Waals surface area contributed by atoms with Crippen molar-refractivity contribution in [3.63, 3.8) is 0 Å². The van der Waals surface area contributed by atoms with Crippen LogP contribution < -0.4 is 11.1 Å². The Hall–Kier alpha value is -1.75. The zero-order valence-corrected chi connectivity index (χ0v) is 11.2. The summed E-state index contributed by atoms with van der Waals surface area (Å²) in [4.78, 5) is 11.5. The molecule has 5 nitrogen and oxygen atoms in total. The molecule has 0 radical (unpaired) electrons. The van der Waals surface area contributed by atoms with Gasteiger partial charge in [0.1, 0.15) is 0 Å². The van der Waals surface area contributed by atoms with Crippen LogP contribution in [0.4, 0.5) is 11.4 Å². The molecule has 0 unspecified atom stereocenters. The maximum atomic E-state index is 11.5. The zero-order chi connectivity index (χ0) is 13.8. The third-order valence-electron chi connectivity index (χ3n) is 2.45. The number of carbonyl (C=O) groups is 1. The fraction of sp³-hybridized carbons (Fsp3) is 0.462. The maximum Gasteiger partial charge on any atom is 0.340 e. The molecule has 0 aliphatic rings. The summed E-state index contributed by atoms with van der Waals surface area (Å²) >= 11 is 0. The van der Waals surface area contributed by atoms with Crippen molar-refractivity contribution in [2.75, 3.05) is 31.9 Å². The van der Waals surface area contributed by atoms with Gasteiger partial charge in [-0.05, 0) is 32.0 Å². The molecule has 0 amide bonds. The molecule has 0 atom stereocenters. The number of ether oxygens (including phenoxy) is 2. The number of esters is 1. The van der Waals surface area contributed by atoms with Gasteiger partial charge in [0.15, 0.2) is 0 Å². The first kappa shape index (κ1) is 14.3. The lowest BCUT2D eigenvalue weighted by atomic mass is 10.1. The SMILES string of the molecule is COCC(C)(C)Nc1ccc(N)c(C(=O)OC)c1. The highest BCUT2D eigenvalue weighted by atomic mass is 16.5. The Morgan fingerprint density at radius 1 is 1.39 bits per heavy atom. The van der Waals surface area contributed by atoms with Crippen LogP contribution >= 0.6 is 0 Å². The molecule has 0 aliphatic carbocycles. The second-order valence-corrected chi connectivity index (χ2v) is 4.74. The smallest absolute Gasteiger partial charge is 0.340 e.